The molecule has 0 unspecified atom stereocenters. The van der Waals surface area contributed by atoms with Gasteiger partial charge in [-0.2, -0.15) is 0 Å². The lowest BCUT2D eigenvalue weighted by Crippen LogP contribution is -2.67. The van der Waals surface area contributed by atoms with E-state index in [0.717, 1.165) is 0 Å². The maximum atomic E-state index is 13.4. The van der Waals surface area contributed by atoms with Crippen LogP contribution in [0.3, 0.4) is 0 Å². The first kappa shape index (κ1) is 14.2. The summed E-state index contributed by atoms with van der Waals surface area (Å²) in [5.41, 5.74) is -1.27. The van der Waals surface area contributed by atoms with Gasteiger partial charge in [0.2, 0.25) is 0 Å². The molecule has 0 bridgehead atoms. The Morgan fingerprint density at radius 3 is 2.89 bits per heavy atom. The number of anilines is 1. The number of nitrogens with one attached hydrogen (secondary N) is 1. The highest BCUT2D eigenvalue weighted by Crippen LogP contribution is 2.51. The second-order valence-corrected chi connectivity index (χ2v) is 5.59. The highest BCUT2D eigenvalue weighted by atomic mass is 19.1. The van der Waals surface area contributed by atoms with Crippen molar-refractivity contribution >= 4 is 5.82 Å². The molecule has 1 aromatic rings. The number of nitrogens with zero attached hydrogens (tertiary/aromatic N) is 1. The van der Waals surface area contributed by atoms with Gasteiger partial charge in [0.15, 0.2) is 11.6 Å². The zero-order valence-corrected chi connectivity index (χ0v) is 11.6. The predicted molar refractivity (Wildman–Crippen MR) is 71.4 cm³/mol. The van der Waals surface area contributed by atoms with Crippen LogP contribution in [0, 0.1) is 11.2 Å². The molecule has 0 spiro atoms. The Morgan fingerprint density at radius 1 is 1.58 bits per heavy atom. The van der Waals surface area contributed by atoms with E-state index >= 15 is 0 Å². The van der Waals surface area contributed by atoms with E-state index in [9.17, 15) is 9.50 Å². The van der Waals surface area contributed by atoms with Crippen molar-refractivity contribution in [3.8, 4) is 0 Å². The number of pyridine rings is 1. The van der Waals surface area contributed by atoms with Crippen LogP contribution in [0.4, 0.5) is 10.2 Å². The molecule has 0 radical (unpaired) electrons. The quantitative estimate of drug-likeness (QED) is 0.859. The summed E-state index contributed by atoms with van der Waals surface area (Å²) in [4.78, 5) is 3.91. The topological polar surface area (TPSA) is 54.4 Å². The summed E-state index contributed by atoms with van der Waals surface area (Å²) in [6, 6.07) is 2.88. The predicted octanol–water partition coefficient (Wildman–Crippen LogP) is 2.20. The number of rotatable bonds is 5. The molecule has 0 aliphatic heterocycles. The van der Waals surface area contributed by atoms with Gasteiger partial charge in [-0.15, -0.1) is 0 Å². The van der Waals surface area contributed by atoms with Crippen LogP contribution in [-0.4, -0.2) is 34.9 Å². The molecule has 2 N–H and O–H groups in total. The van der Waals surface area contributed by atoms with E-state index < -0.39 is 11.4 Å². The molecule has 0 amide bonds. The molecule has 106 valence electrons. The molecule has 0 aromatic carbocycles. The molecule has 1 saturated carbocycles. The number of ether oxygens (including phenoxy) is 1. The first-order chi connectivity index (χ1) is 8.90. The molecule has 1 aliphatic carbocycles. The number of halogens is 1. The van der Waals surface area contributed by atoms with Crippen LogP contribution >= 0.6 is 0 Å². The Kier molecular flexibility index (Phi) is 3.78. The van der Waals surface area contributed by atoms with Gasteiger partial charge in [0, 0.05) is 31.2 Å². The summed E-state index contributed by atoms with van der Waals surface area (Å²) in [7, 11) is 0. The zero-order valence-electron chi connectivity index (χ0n) is 11.6. The second-order valence-electron chi connectivity index (χ2n) is 5.59. The fraction of sp³-hybridized carbons (Fsp3) is 0.643. The van der Waals surface area contributed by atoms with Gasteiger partial charge in [0.05, 0.1) is 11.7 Å². The highest BCUT2D eigenvalue weighted by molar-refractivity contribution is 5.36. The van der Waals surface area contributed by atoms with Crippen molar-refractivity contribution in [2.24, 2.45) is 5.41 Å². The van der Waals surface area contributed by atoms with Crippen molar-refractivity contribution < 1.29 is 14.2 Å². The van der Waals surface area contributed by atoms with Crippen molar-refractivity contribution in [3.05, 3.63) is 24.1 Å². The third-order valence-corrected chi connectivity index (χ3v) is 4.20. The van der Waals surface area contributed by atoms with E-state index in [1.165, 1.54) is 18.3 Å². The number of aromatic nitrogens is 1. The largest absolute Gasteiger partial charge is 0.387 e. The van der Waals surface area contributed by atoms with Crippen LogP contribution in [0.5, 0.6) is 0 Å². The normalized spacial score (nSPS) is 28.8. The molecule has 1 aromatic heterocycles. The molecule has 0 saturated heterocycles. The summed E-state index contributed by atoms with van der Waals surface area (Å²) in [6.45, 7) is 6.76. The van der Waals surface area contributed by atoms with Gasteiger partial charge in [-0.3, -0.25) is 0 Å². The van der Waals surface area contributed by atoms with Gasteiger partial charge >= 0.3 is 0 Å². The second kappa shape index (κ2) is 5.06. The molecule has 2 rings (SSSR count). The van der Waals surface area contributed by atoms with Crippen molar-refractivity contribution in [2.75, 3.05) is 18.5 Å². The minimum atomic E-state index is -0.906. The lowest BCUT2D eigenvalue weighted by molar-refractivity contribution is -0.233. The fourth-order valence-corrected chi connectivity index (χ4v) is 2.51. The lowest BCUT2D eigenvalue weighted by Gasteiger charge is -2.58. The SMILES string of the molecule is CCO[C@@H]1C[C@@](O)(CNc2ncccc2F)C1(C)C. The highest BCUT2D eigenvalue weighted by Gasteiger charge is 2.59. The molecule has 19 heavy (non-hydrogen) atoms. The molecule has 2 atom stereocenters. The van der Waals surface area contributed by atoms with Crippen molar-refractivity contribution in [1.29, 1.82) is 0 Å². The van der Waals surface area contributed by atoms with Crippen LogP contribution in [-0.2, 0) is 4.74 Å². The molecular formula is C14H21FN2O2. The molecule has 4 nitrogen and oxygen atoms in total. The smallest absolute Gasteiger partial charge is 0.165 e. The summed E-state index contributed by atoms with van der Waals surface area (Å²) in [5.74, 6) is -0.240. The zero-order chi connectivity index (χ0) is 14.1. The van der Waals surface area contributed by atoms with Crippen LogP contribution < -0.4 is 5.32 Å². The van der Waals surface area contributed by atoms with E-state index in [4.69, 9.17) is 4.74 Å². The summed E-state index contributed by atoms with van der Waals surface area (Å²) in [5, 5.41) is 13.5. The van der Waals surface area contributed by atoms with Gasteiger partial charge in [0.25, 0.3) is 0 Å². The van der Waals surface area contributed by atoms with E-state index in [0.29, 0.717) is 13.0 Å². The number of aliphatic hydroxyl groups is 1. The van der Waals surface area contributed by atoms with E-state index in [-0.39, 0.29) is 23.9 Å². The monoisotopic (exact) mass is 268 g/mol. The van der Waals surface area contributed by atoms with E-state index in [1.807, 2.05) is 20.8 Å². The Labute approximate surface area is 113 Å². The average molecular weight is 268 g/mol. The van der Waals surface area contributed by atoms with Gasteiger partial charge in [-0.05, 0) is 19.1 Å². The van der Waals surface area contributed by atoms with Gasteiger partial charge in [-0.1, -0.05) is 13.8 Å². The number of hydrogen-bond donors (Lipinski definition) is 2. The minimum absolute atomic E-state index is 0.0397. The van der Waals surface area contributed by atoms with E-state index in [1.54, 1.807) is 0 Å². The first-order valence-electron chi connectivity index (χ1n) is 6.59. The Bertz CT molecular complexity index is 453. The molecule has 1 heterocycles. The Hall–Kier alpha value is -1.20. The van der Waals surface area contributed by atoms with Crippen molar-refractivity contribution in [1.82, 2.24) is 4.98 Å². The summed E-state index contributed by atoms with van der Waals surface area (Å²) < 4.78 is 19.0. The van der Waals surface area contributed by atoms with Gasteiger partial charge in [-0.25, -0.2) is 9.37 Å². The van der Waals surface area contributed by atoms with E-state index in [2.05, 4.69) is 10.3 Å². The van der Waals surface area contributed by atoms with Crippen LogP contribution in [0.25, 0.3) is 0 Å². The summed E-state index contributed by atoms with van der Waals surface area (Å²) in [6.07, 6.45) is 2.11. The standard InChI is InChI=1S/C14H21FN2O2/c1-4-19-11-8-14(18,13(11,2)3)9-17-12-10(15)6-5-7-16-12/h5-7,11,18H,4,8-9H2,1-3H3,(H,16,17)/t11-,14-/m1/s1. The fourth-order valence-electron chi connectivity index (χ4n) is 2.51. The molecule has 5 heteroatoms. The molecular weight excluding hydrogens is 247 g/mol. The van der Waals surface area contributed by atoms with Crippen LogP contribution in [0.1, 0.15) is 27.2 Å². The third-order valence-electron chi connectivity index (χ3n) is 4.20. The van der Waals surface area contributed by atoms with Gasteiger partial charge < -0.3 is 15.2 Å². The maximum absolute atomic E-state index is 13.4. The average Bonchev–Trinajstić information content (AvgIpc) is 2.37. The maximum Gasteiger partial charge on any atom is 0.165 e. The summed E-state index contributed by atoms with van der Waals surface area (Å²) >= 11 is 0. The third kappa shape index (κ3) is 2.44. The minimum Gasteiger partial charge on any atom is -0.387 e. The number of hydrogen-bond acceptors (Lipinski definition) is 4. The van der Waals surface area contributed by atoms with Crippen molar-refractivity contribution in [2.45, 2.75) is 38.9 Å². The first-order valence-corrected chi connectivity index (χ1v) is 6.59. The molecule has 1 aliphatic rings. The molecule has 1 fully saturated rings. The van der Waals surface area contributed by atoms with Crippen molar-refractivity contribution in [3.63, 3.8) is 0 Å². The lowest BCUT2D eigenvalue weighted by atomic mass is 9.56. The van der Waals surface area contributed by atoms with Crippen LogP contribution in [0.2, 0.25) is 0 Å². The van der Waals surface area contributed by atoms with Gasteiger partial charge in [0.1, 0.15) is 0 Å². The van der Waals surface area contributed by atoms with Crippen LogP contribution in [0.15, 0.2) is 18.3 Å². The Morgan fingerprint density at radius 2 is 2.32 bits per heavy atom. The Balaban J connectivity index is 1.99.